The third kappa shape index (κ3) is 7.25. The number of hydrogen-bond acceptors (Lipinski definition) is 6. The summed E-state index contributed by atoms with van der Waals surface area (Å²) in [5.41, 5.74) is 0.916. The minimum atomic E-state index is -4.26. The molecule has 3 rings (SSSR count). The zero-order valence-electron chi connectivity index (χ0n) is 23.0. The third-order valence-corrected chi connectivity index (χ3v) is 8.26. The molecule has 11 heteroatoms. The van der Waals surface area contributed by atoms with E-state index in [9.17, 15) is 18.0 Å². The van der Waals surface area contributed by atoms with Crippen LogP contribution in [0.5, 0.6) is 11.5 Å². The number of anilines is 1. The number of methoxy groups -OCH3 is 1. The van der Waals surface area contributed by atoms with E-state index in [1.54, 1.807) is 56.3 Å². The summed E-state index contributed by atoms with van der Waals surface area (Å²) in [6.45, 7) is 3.34. The number of sulfonamides is 1. The molecular formula is C29H34ClN3O6S. The van der Waals surface area contributed by atoms with Crippen LogP contribution in [0.2, 0.25) is 5.02 Å². The van der Waals surface area contributed by atoms with Crippen molar-refractivity contribution in [3.63, 3.8) is 0 Å². The number of hydrogen-bond donors (Lipinski definition) is 1. The molecule has 1 N–H and O–H groups in total. The zero-order chi connectivity index (χ0) is 29.3. The number of para-hydroxylation sites is 2. The van der Waals surface area contributed by atoms with Gasteiger partial charge in [0.25, 0.3) is 10.0 Å². The van der Waals surface area contributed by atoms with Gasteiger partial charge in [0.15, 0.2) is 0 Å². The first-order chi connectivity index (χ1) is 19.2. The predicted octanol–water partition coefficient (Wildman–Crippen LogP) is 4.50. The molecule has 0 aliphatic heterocycles. The van der Waals surface area contributed by atoms with Gasteiger partial charge in [0.1, 0.15) is 24.1 Å². The fourth-order valence-corrected chi connectivity index (χ4v) is 5.79. The highest BCUT2D eigenvalue weighted by Crippen LogP contribution is 2.33. The van der Waals surface area contributed by atoms with Crippen LogP contribution in [0.1, 0.15) is 25.8 Å². The van der Waals surface area contributed by atoms with Gasteiger partial charge in [-0.2, -0.15) is 0 Å². The van der Waals surface area contributed by atoms with E-state index < -0.39 is 28.5 Å². The number of nitrogens with one attached hydrogen (secondary N) is 1. The number of rotatable bonds is 13. The molecule has 0 aliphatic carbocycles. The lowest BCUT2D eigenvalue weighted by Gasteiger charge is -2.33. The number of nitrogens with zero attached hydrogens (tertiary/aromatic N) is 2. The van der Waals surface area contributed by atoms with Gasteiger partial charge in [-0.3, -0.25) is 13.9 Å². The van der Waals surface area contributed by atoms with Crippen molar-refractivity contribution >= 4 is 39.1 Å². The highest BCUT2D eigenvalue weighted by molar-refractivity contribution is 7.92. The zero-order valence-corrected chi connectivity index (χ0v) is 24.5. The topological polar surface area (TPSA) is 105 Å². The molecule has 0 aromatic heterocycles. The van der Waals surface area contributed by atoms with Gasteiger partial charge in [-0.05, 0) is 67.4 Å². The van der Waals surface area contributed by atoms with Crippen LogP contribution in [0.25, 0.3) is 0 Å². The summed E-state index contributed by atoms with van der Waals surface area (Å²) in [4.78, 5) is 28.3. The van der Waals surface area contributed by atoms with Gasteiger partial charge < -0.3 is 19.7 Å². The smallest absolute Gasteiger partial charge is 0.264 e. The number of carbonyl (C=O) groups is 2. The van der Waals surface area contributed by atoms with E-state index in [1.165, 1.54) is 43.3 Å². The third-order valence-electron chi connectivity index (χ3n) is 6.23. The molecule has 2 amide bonds. The fraction of sp³-hybridized carbons (Fsp3) is 0.310. The Labute approximate surface area is 240 Å². The summed E-state index contributed by atoms with van der Waals surface area (Å²) in [6, 6.07) is 18.6. The maximum atomic E-state index is 14.1. The van der Waals surface area contributed by atoms with Crippen LogP contribution >= 0.6 is 11.6 Å². The Morgan fingerprint density at radius 2 is 1.70 bits per heavy atom. The number of amides is 2. The lowest BCUT2D eigenvalue weighted by Crippen LogP contribution is -2.51. The molecule has 0 aliphatic rings. The second-order valence-corrected chi connectivity index (χ2v) is 11.1. The minimum Gasteiger partial charge on any atom is -0.497 e. The largest absolute Gasteiger partial charge is 0.497 e. The van der Waals surface area contributed by atoms with Gasteiger partial charge in [0.05, 0.1) is 24.3 Å². The number of likely N-dealkylation sites (N-methyl/N-ethyl adjacent to an activating group) is 1. The molecule has 9 nitrogen and oxygen atoms in total. The molecule has 3 aromatic carbocycles. The van der Waals surface area contributed by atoms with E-state index in [0.29, 0.717) is 22.9 Å². The lowest BCUT2D eigenvalue weighted by atomic mass is 10.1. The van der Waals surface area contributed by atoms with Gasteiger partial charge in [-0.25, -0.2) is 8.42 Å². The van der Waals surface area contributed by atoms with E-state index in [1.807, 2.05) is 6.07 Å². The van der Waals surface area contributed by atoms with Gasteiger partial charge in [0, 0.05) is 18.6 Å². The molecule has 0 radical (unpaired) electrons. The summed E-state index contributed by atoms with van der Waals surface area (Å²) >= 11 is 6.01. The second-order valence-electron chi connectivity index (χ2n) is 8.78. The summed E-state index contributed by atoms with van der Waals surface area (Å²) < 4.78 is 40.0. The van der Waals surface area contributed by atoms with Crippen molar-refractivity contribution in [2.75, 3.05) is 31.6 Å². The second kappa shape index (κ2) is 14.0. The molecule has 0 spiro atoms. The number of benzene rings is 3. The van der Waals surface area contributed by atoms with Crippen molar-refractivity contribution in [2.24, 2.45) is 0 Å². The Kier molecular flexibility index (Phi) is 10.8. The van der Waals surface area contributed by atoms with Crippen molar-refractivity contribution in [1.82, 2.24) is 10.2 Å². The maximum absolute atomic E-state index is 14.1. The number of ether oxygens (including phenoxy) is 2. The average Bonchev–Trinajstić information content (AvgIpc) is 2.96. The SMILES string of the molecule is CCOc1ccccc1N(CC(=O)N(Cc1cccc(OC)c1)C(CC)C(=O)NC)S(=O)(=O)c1ccc(Cl)cc1. The molecule has 3 aromatic rings. The monoisotopic (exact) mass is 587 g/mol. The molecule has 1 atom stereocenters. The Balaban J connectivity index is 2.11. The van der Waals surface area contributed by atoms with Crippen LogP contribution in [0.3, 0.4) is 0 Å². The summed E-state index contributed by atoms with van der Waals surface area (Å²) in [5, 5.41) is 2.98. The van der Waals surface area contributed by atoms with E-state index in [-0.39, 0.29) is 29.6 Å². The minimum absolute atomic E-state index is 0.0475. The van der Waals surface area contributed by atoms with Gasteiger partial charge >= 0.3 is 0 Å². The van der Waals surface area contributed by atoms with Crippen molar-refractivity contribution < 1.29 is 27.5 Å². The predicted molar refractivity (Wildman–Crippen MR) is 155 cm³/mol. The van der Waals surface area contributed by atoms with E-state index in [4.69, 9.17) is 21.1 Å². The molecule has 0 saturated carbocycles. The summed E-state index contributed by atoms with van der Waals surface area (Å²) in [7, 11) is -1.22. The van der Waals surface area contributed by atoms with Crippen molar-refractivity contribution in [3.8, 4) is 11.5 Å². The van der Waals surface area contributed by atoms with Crippen molar-refractivity contribution in [3.05, 3.63) is 83.4 Å². The first-order valence-corrected chi connectivity index (χ1v) is 14.6. The van der Waals surface area contributed by atoms with Crippen LogP contribution in [0.15, 0.2) is 77.7 Å². The first kappa shape index (κ1) is 30.8. The van der Waals surface area contributed by atoms with Crippen molar-refractivity contribution in [1.29, 1.82) is 0 Å². The highest BCUT2D eigenvalue weighted by Gasteiger charge is 2.34. The number of halogens is 1. The van der Waals surface area contributed by atoms with Gasteiger partial charge in [-0.15, -0.1) is 0 Å². The normalized spacial score (nSPS) is 11.8. The van der Waals surface area contributed by atoms with E-state index in [2.05, 4.69) is 5.32 Å². The van der Waals surface area contributed by atoms with Crippen LogP contribution < -0.4 is 19.1 Å². The van der Waals surface area contributed by atoms with Gasteiger partial charge in [-0.1, -0.05) is 42.8 Å². The average molecular weight is 588 g/mol. The Morgan fingerprint density at radius 1 is 1.00 bits per heavy atom. The van der Waals surface area contributed by atoms with Crippen LogP contribution in [-0.2, 0) is 26.2 Å². The Hall–Kier alpha value is -3.76. The summed E-state index contributed by atoms with van der Waals surface area (Å²) in [5.74, 6) is -0.0359. The summed E-state index contributed by atoms with van der Waals surface area (Å²) in [6.07, 6.45) is 0.314. The highest BCUT2D eigenvalue weighted by atomic mass is 35.5. The molecule has 1 unspecified atom stereocenters. The Morgan fingerprint density at radius 3 is 2.33 bits per heavy atom. The quantitative estimate of drug-likeness (QED) is 0.316. The molecule has 0 saturated heterocycles. The lowest BCUT2D eigenvalue weighted by molar-refractivity contribution is -0.140. The fourth-order valence-electron chi connectivity index (χ4n) is 4.24. The molecule has 40 heavy (non-hydrogen) atoms. The molecule has 0 heterocycles. The number of carbonyl (C=O) groups excluding carboxylic acids is 2. The molecular weight excluding hydrogens is 554 g/mol. The standard InChI is InChI=1S/C29H34ClN3O6S/c1-5-25(29(35)31-3)32(19-21-10-9-11-23(18-21)38-4)28(34)20-33(26-12-7-8-13-27(26)39-6-2)40(36,37)24-16-14-22(30)15-17-24/h7-18,25H,5-6,19-20H2,1-4H3,(H,31,35). The maximum Gasteiger partial charge on any atom is 0.264 e. The van der Waals surface area contributed by atoms with Crippen molar-refractivity contribution in [2.45, 2.75) is 37.8 Å². The van der Waals surface area contributed by atoms with Gasteiger partial charge in [0.2, 0.25) is 11.8 Å². The molecule has 0 fully saturated rings. The molecule has 214 valence electrons. The van der Waals surface area contributed by atoms with Crippen LogP contribution in [0.4, 0.5) is 5.69 Å². The molecule has 0 bridgehead atoms. The van der Waals surface area contributed by atoms with Crippen LogP contribution in [0, 0.1) is 0 Å². The first-order valence-electron chi connectivity index (χ1n) is 12.8. The van der Waals surface area contributed by atoms with Crippen LogP contribution in [-0.4, -0.2) is 58.5 Å². The van der Waals surface area contributed by atoms with E-state index in [0.717, 1.165) is 9.87 Å². The van der Waals surface area contributed by atoms with E-state index >= 15 is 0 Å². The Bertz CT molecular complexity index is 1420.